The summed E-state index contributed by atoms with van der Waals surface area (Å²) < 4.78 is 28.9. The van der Waals surface area contributed by atoms with E-state index in [2.05, 4.69) is 22.6 Å². The van der Waals surface area contributed by atoms with Gasteiger partial charge >= 0.3 is 0 Å². The number of hydrogen-bond acceptors (Lipinski definition) is 4. The molecule has 0 radical (unpaired) electrons. The highest BCUT2D eigenvalue weighted by molar-refractivity contribution is 14.1. The molecule has 1 unspecified atom stereocenters. The van der Waals surface area contributed by atoms with Crippen LogP contribution in [-0.2, 0) is 10.0 Å². The molecule has 1 atom stereocenters. The molecule has 3 rings (SSSR count). The molecule has 0 aromatic heterocycles. The minimum absolute atomic E-state index is 0.182. The van der Waals surface area contributed by atoms with Crippen molar-refractivity contribution >= 4 is 38.3 Å². The van der Waals surface area contributed by atoms with Gasteiger partial charge in [-0.3, -0.25) is 10.1 Å². The van der Waals surface area contributed by atoms with Crippen LogP contribution in [0.2, 0.25) is 0 Å². The fourth-order valence-electron chi connectivity index (χ4n) is 3.69. The molecule has 0 spiro atoms. The third kappa shape index (κ3) is 3.75. The van der Waals surface area contributed by atoms with Crippen molar-refractivity contribution in [1.29, 1.82) is 0 Å². The Morgan fingerprint density at radius 3 is 2.52 bits per heavy atom. The zero-order valence-corrected chi connectivity index (χ0v) is 16.8. The van der Waals surface area contributed by atoms with Gasteiger partial charge in [0, 0.05) is 16.2 Å². The first kappa shape index (κ1) is 18.8. The first-order valence-electron chi connectivity index (χ1n) is 8.55. The van der Waals surface area contributed by atoms with Crippen LogP contribution >= 0.6 is 22.6 Å². The van der Waals surface area contributed by atoms with Crippen LogP contribution in [0.15, 0.2) is 38.3 Å². The second-order valence-corrected chi connectivity index (χ2v) is 9.53. The van der Waals surface area contributed by atoms with E-state index in [4.69, 9.17) is 0 Å². The zero-order valence-electron chi connectivity index (χ0n) is 13.9. The molecular formula is C17H21IN2O4S. The predicted octanol–water partition coefficient (Wildman–Crippen LogP) is 4.40. The molecule has 2 fully saturated rings. The van der Waals surface area contributed by atoms with Crippen molar-refractivity contribution < 1.29 is 13.3 Å². The molecule has 0 amide bonds. The van der Waals surface area contributed by atoms with Gasteiger partial charge in [0.2, 0.25) is 10.0 Å². The summed E-state index contributed by atoms with van der Waals surface area (Å²) in [6.07, 6.45) is 7.18. The Kier molecular flexibility index (Phi) is 5.79. The first-order valence-corrected chi connectivity index (χ1v) is 11.1. The van der Waals surface area contributed by atoms with Gasteiger partial charge in [0.1, 0.15) is 0 Å². The summed E-state index contributed by atoms with van der Waals surface area (Å²) in [5.74, 6) is 0. The van der Waals surface area contributed by atoms with Crippen LogP contribution in [0.1, 0.15) is 44.9 Å². The lowest BCUT2D eigenvalue weighted by Crippen LogP contribution is -2.36. The smallest absolute Gasteiger partial charge is 0.258 e. The Bertz CT molecular complexity index is 799. The first-order chi connectivity index (χ1) is 11.9. The molecular weight excluding hydrogens is 455 g/mol. The lowest BCUT2D eigenvalue weighted by atomic mass is 9.93. The van der Waals surface area contributed by atoms with E-state index < -0.39 is 14.9 Å². The molecule has 6 nitrogen and oxygen atoms in total. The number of hydrogen-bond donors (Lipinski definition) is 0. The fraction of sp³-hybridized carbons (Fsp3) is 0.529. The lowest BCUT2D eigenvalue weighted by molar-refractivity contribution is -0.387. The topological polar surface area (TPSA) is 80.5 Å². The largest absolute Gasteiger partial charge is 0.289 e. The van der Waals surface area contributed by atoms with Crippen LogP contribution in [0.5, 0.6) is 0 Å². The summed E-state index contributed by atoms with van der Waals surface area (Å²) >= 11 is 2.30. The van der Waals surface area contributed by atoms with Crippen LogP contribution in [0.25, 0.3) is 0 Å². The quantitative estimate of drug-likeness (QED) is 0.367. The Labute approximate surface area is 161 Å². The van der Waals surface area contributed by atoms with E-state index in [0.717, 1.165) is 42.1 Å². The van der Waals surface area contributed by atoms with Gasteiger partial charge in [0.05, 0.1) is 11.0 Å². The molecule has 1 aliphatic carbocycles. The number of nitrogens with zero attached hydrogens (tertiary/aromatic N) is 2. The molecule has 8 heteroatoms. The standard InChI is InChI=1S/C17H21IN2O4S/c18-17(13-7-2-1-3-8-13)15-10-6-12-19(15)25(23,24)16-11-5-4-9-14(16)20(21)22/h4-5,9,11,15H,1-3,6-8,10,12H2. The molecule has 1 aromatic rings. The maximum Gasteiger partial charge on any atom is 0.289 e. The molecule has 1 saturated heterocycles. The van der Waals surface area contributed by atoms with Crippen LogP contribution < -0.4 is 0 Å². The highest BCUT2D eigenvalue weighted by Gasteiger charge is 2.40. The van der Waals surface area contributed by atoms with E-state index in [1.165, 1.54) is 40.6 Å². The van der Waals surface area contributed by atoms with Crippen LogP contribution in [0.3, 0.4) is 0 Å². The van der Waals surface area contributed by atoms with Crippen molar-refractivity contribution in [1.82, 2.24) is 4.31 Å². The van der Waals surface area contributed by atoms with Crippen molar-refractivity contribution in [2.45, 2.75) is 55.9 Å². The highest BCUT2D eigenvalue weighted by Crippen LogP contribution is 2.39. The number of sulfonamides is 1. The minimum atomic E-state index is -3.89. The van der Waals surface area contributed by atoms with Gasteiger partial charge in [-0.15, -0.1) is 0 Å². The number of nitro benzene ring substituents is 1. The van der Waals surface area contributed by atoms with Gasteiger partial charge in [-0.1, -0.05) is 24.1 Å². The van der Waals surface area contributed by atoms with Gasteiger partial charge in [0.25, 0.3) is 5.69 Å². The Morgan fingerprint density at radius 2 is 1.84 bits per heavy atom. The summed E-state index contributed by atoms with van der Waals surface area (Å²) in [5.41, 5.74) is 1.01. The van der Waals surface area contributed by atoms with E-state index in [0.29, 0.717) is 6.54 Å². The van der Waals surface area contributed by atoms with Gasteiger partial charge in [-0.05, 0) is 67.2 Å². The SMILES string of the molecule is O=[N+]([O-])c1ccccc1S(=O)(=O)N1CCCC1C(I)=C1CCCCC1. The number of nitro groups is 1. The van der Waals surface area contributed by atoms with Crippen LogP contribution in [0, 0.1) is 10.1 Å². The minimum Gasteiger partial charge on any atom is -0.258 e. The molecule has 1 heterocycles. The van der Waals surface area contributed by atoms with E-state index in [1.54, 1.807) is 0 Å². The summed E-state index contributed by atoms with van der Waals surface area (Å²) in [7, 11) is -3.89. The Hall–Kier alpha value is -1.000. The number of benzene rings is 1. The molecule has 1 aromatic carbocycles. The number of allylic oxidation sites excluding steroid dienone is 1. The maximum atomic E-state index is 13.2. The molecule has 25 heavy (non-hydrogen) atoms. The van der Waals surface area contributed by atoms with Crippen LogP contribution in [-0.4, -0.2) is 30.2 Å². The van der Waals surface area contributed by atoms with Gasteiger partial charge in [-0.25, -0.2) is 8.42 Å². The van der Waals surface area contributed by atoms with Gasteiger partial charge < -0.3 is 0 Å². The van der Waals surface area contributed by atoms with Crippen molar-refractivity contribution in [3.63, 3.8) is 0 Å². The normalized spacial score (nSPS) is 22.1. The second-order valence-electron chi connectivity index (χ2n) is 6.51. The summed E-state index contributed by atoms with van der Waals surface area (Å²) in [6.45, 7) is 0.416. The highest BCUT2D eigenvalue weighted by atomic mass is 127. The molecule has 1 aliphatic heterocycles. The van der Waals surface area contributed by atoms with Crippen molar-refractivity contribution in [3.05, 3.63) is 43.5 Å². The van der Waals surface area contributed by atoms with Crippen molar-refractivity contribution in [3.8, 4) is 0 Å². The monoisotopic (exact) mass is 476 g/mol. The van der Waals surface area contributed by atoms with E-state index >= 15 is 0 Å². The summed E-state index contributed by atoms with van der Waals surface area (Å²) in [6, 6.07) is 5.44. The summed E-state index contributed by atoms with van der Waals surface area (Å²) in [5, 5.41) is 11.3. The van der Waals surface area contributed by atoms with Gasteiger partial charge in [-0.2, -0.15) is 4.31 Å². The van der Waals surface area contributed by atoms with Gasteiger partial charge in [0.15, 0.2) is 4.90 Å². The van der Waals surface area contributed by atoms with Crippen molar-refractivity contribution in [2.24, 2.45) is 0 Å². The number of rotatable bonds is 4. The third-order valence-corrected chi connectivity index (χ3v) is 8.38. The fourth-order valence-corrected chi connectivity index (χ4v) is 6.89. The molecule has 0 bridgehead atoms. The Balaban J connectivity index is 1.98. The molecule has 1 saturated carbocycles. The van der Waals surface area contributed by atoms with E-state index in [-0.39, 0.29) is 16.6 Å². The van der Waals surface area contributed by atoms with Crippen molar-refractivity contribution in [2.75, 3.05) is 6.54 Å². The molecule has 0 N–H and O–H groups in total. The number of para-hydroxylation sites is 1. The second kappa shape index (κ2) is 7.71. The molecule has 2 aliphatic rings. The Morgan fingerprint density at radius 1 is 1.16 bits per heavy atom. The predicted molar refractivity (Wildman–Crippen MR) is 104 cm³/mol. The van der Waals surface area contributed by atoms with E-state index in [9.17, 15) is 18.5 Å². The average Bonchev–Trinajstić information content (AvgIpc) is 3.12. The maximum absolute atomic E-state index is 13.2. The number of halogens is 1. The molecule has 136 valence electrons. The van der Waals surface area contributed by atoms with Crippen LogP contribution in [0.4, 0.5) is 5.69 Å². The van der Waals surface area contributed by atoms with E-state index in [1.807, 2.05) is 0 Å². The third-order valence-electron chi connectivity index (χ3n) is 4.94. The summed E-state index contributed by atoms with van der Waals surface area (Å²) in [4.78, 5) is 10.4. The average molecular weight is 476 g/mol. The lowest BCUT2D eigenvalue weighted by Gasteiger charge is -2.27. The zero-order chi connectivity index (χ0) is 18.0.